The van der Waals surface area contributed by atoms with Crippen LogP contribution in [0.3, 0.4) is 0 Å². The summed E-state index contributed by atoms with van der Waals surface area (Å²) in [5.74, 6) is 0.223. The van der Waals surface area contributed by atoms with Gasteiger partial charge in [0, 0.05) is 5.92 Å². The molecule has 24 heavy (non-hydrogen) atoms. The smallest absolute Gasteiger partial charge is 0.104 e. The van der Waals surface area contributed by atoms with Crippen LogP contribution in [-0.2, 0) is 23.7 Å². The molecule has 5 heteroatoms. The molecule has 0 aliphatic carbocycles. The van der Waals surface area contributed by atoms with Gasteiger partial charge < -0.3 is 23.7 Å². The van der Waals surface area contributed by atoms with Crippen LogP contribution in [0.25, 0.3) is 0 Å². The Hall–Kier alpha value is -0.200. The van der Waals surface area contributed by atoms with Crippen molar-refractivity contribution in [2.24, 2.45) is 5.92 Å². The fourth-order valence-corrected chi connectivity index (χ4v) is 1.98. The van der Waals surface area contributed by atoms with Crippen molar-refractivity contribution in [2.75, 3.05) is 33.0 Å². The summed E-state index contributed by atoms with van der Waals surface area (Å²) in [7, 11) is 0. The van der Waals surface area contributed by atoms with Crippen LogP contribution in [0.4, 0.5) is 0 Å². The van der Waals surface area contributed by atoms with Crippen molar-refractivity contribution in [2.45, 2.75) is 85.9 Å². The molecule has 0 aromatic carbocycles. The fraction of sp³-hybridized carbons (Fsp3) is 1.00. The fourth-order valence-electron chi connectivity index (χ4n) is 1.98. The van der Waals surface area contributed by atoms with E-state index in [1.165, 1.54) is 0 Å². The second kappa shape index (κ2) is 14.0. The van der Waals surface area contributed by atoms with Gasteiger partial charge in [0.15, 0.2) is 0 Å². The average Bonchev–Trinajstić information content (AvgIpc) is 2.45. The molecule has 0 rings (SSSR count). The molecule has 0 N–H and O–H groups in total. The van der Waals surface area contributed by atoms with E-state index in [9.17, 15) is 0 Å². The van der Waals surface area contributed by atoms with Crippen molar-refractivity contribution in [3.8, 4) is 0 Å². The molecule has 0 aliphatic rings. The summed E-state index contributed by atoms with van der Waals surface area (Å²) in [5.41, 5.74) is 0. The summed E-state index contributed by atoms with van der Waals surface area (Å²) >= 11 is 0. The van der Waals surface area contributed by atoms with Crippen LogP contribution in [-0.4, -0.2) is 63.6 Å². The van der Waals surface area contributed by atoms with Gasteiger partial charge in [-0.05, 0) is 55.4 Å². The second-order valence-electron chi connectivity index (χ2n) is 7.36. The molecule has 1 unspecified atom stereocenters. The van der Waals surface area contributed by atoms with Crippen molar-refractivity contribution in [1.29, 1.82) is 0 Å². The van der Waals surface area contributed by atoms with Crippen molar-refractivity contribution < 1.29 is 23.7 Å². The third-order valence-electron chi connectivity index (χ3n) is 3.07. The van der Waals surface area contributed by atoms with E-state index in [2.05, 4.69) is 0 Å². The molecule has 5 nitrogen and oxygen atoms in total. The summed E-state index contributed by atoms with van der Waals surface area (Å²) in [6.07, 6.45) is 0.713. The molecule has 0 aromatic rings. The van der Waals surface area contributed by atoms with Gasteiger partial charge in [-0.2, -0.15) is 0 Å². The third kappa shape index (κ3) is 15.3. The first-order valence-electron chi connectivity index (χ1n) is 9.28. The molecule has 0 fully saturated rings. The average molecular weight is 349 g/mol. The summed E-state index contributed by atoms with van der Waals surface area (Å²) in [5, 5.41) is 0. The maximum atomic E-state index is 5.89. The molecule has 0 heterocycles. The van der Waals surface area contributed by atoms with Gasteiger partial charge in [0.05, 0.1) is 57.5 Å². The zero-order chi connectivity index (χ0) is 18.5. The molecule has 0 radical (unpaired) electrons. The SMILES string of the molecule is CC(C)OCC(COCC(COC(C)C)OC(C)C)COC(C)C. The van der Waals surface area contributed by atoms with E-state index < -0.39 is 0 Å². The van der Waals surface area contributed by atoms with Crippen LogP contribution in [0.1, 0.15) is 55.4 Å². The molecule has 0 amide bonds. The molecule has 0 bridgehead atoms. The Balaban J connectivity index is 4.28. The summed E-state index contributed by atoms with van der Waals surface area (Å²) < 4.78 is 28.9. The number of hydrogen-bond donors (Lipinski definition) is 0. The first-order chi connectivity index (χ1) is 11.2. The summed E-state index contributed by atoms with van der Waals surface area (Å²) in [6.45, 7) is 19.2. The zero-order valence-corrected chi connectivity index (χ0v) is 17.0. The Bertz CT molecular complexity index is 267. The van der Waals surface area contributed by atoms with E-state index in [4.69, 9.17) is 23.7 Å². The Morgan fingerprint density at radius 2 is 0.958 bits per heavy atom. The van der Waals surface area contributed by atoms with Gasteiger partial charge in [-0.15, -0.1) is 0 Å². The first-order valence-corrected chi connectivity index (χ1v) is 9.28. The maximum absolute atomic E-state index is 5.89. The predicted molar refractivity (Wildman–Crippen MR) is 97.6 cm³/mol. The van der Waals surface area contributed by atoms with E-state index in [-0.39, 0.29) is 36.4 Å². The molecule has 0 saturated heterocycles. The Morgan fingerprint density at radius 1 is 0.500 bits per heavy atom. The van der Waals surface area contributed by atoms with Gasteiger partial charge >= 0.3 is 0 Å². The largest absolute Gasteiger partial charge is 0.378 e. The highest BCUT2D eigenvalue weighted by molar-refractivity contribution is 4.62. The van der Waals surface area contributed by atoms with Crippen LogP contribution in [0.5, 0.6) is 0 Å². The minimum absolute atomic E-state index is 0.0508. The Labute approximate surface area is 149 Å². The molecule has 0 saturated carbocycles. The van der Waals surface area contributed by atoms with Crippen LogP contribution in [0, 0.1) is 5.92 Å². The molecule has 1 atom stereocenters. The minimum atomic E-state index is -0.0508. The van der Waals surface area contributed by atoms with Crippen LogP contribution in [0.2, 0.25) is 0 Å². The lowest BCUT2D eigenvalue weighted by Crippen LogP contribution is -2.32. The molecule has 0 spiro atoms. The van der Waals surface area contributed by atoms with Gasteiger partial charge in [0.25, 0.3) is 0 Å². The van der Waals surface area contributed by atoms with Crippen molar-refractivity contribution in [1.82, 2.24) is 0 Å². The van der Waals surface area contributed by atoms with Gasteiger partial charge in [-0.1, -0.05) is 0 Å². The van der Waals surface area contributed by atoms with Crippen molar-refractivity contribution in [3.63, 3.8) is 0 Å². The third-order valence-corrected chi connectivity index (χ3v) is 3.07. The molecule has 0 aliphatic heterocycles. The van der Waals surface area contributed by atoms with Crippen LogP contribution >= 0.6 is 0 Å². The Morgan fingerprint density at radius 3 is 1.38 bits per heavy atom. The maximum Gasteiger partial charge on any atom is 0.104 e. The second-order valence-corrected chi connectivity index (χ2v) is 7.36. The van der Waals surface area contributed by atoms with Gasteiger partial charge in [0.2, 0.25) is 0 Å². The topological polar surface area (TPSA) is 46.2 Å². The molecule has 0 aromatic heterocycles. The lowest BCUT2D eigenvalue weighted by atomic mass is 10.2. The predicted octanol–water partition coefficient (Wildman–Crippen LogP) is 3.69. The lowest BCUT2D eigenvalue weighted by molar-refractivity contribution is -0.102. The van der Waals surface area contributed by atoms with Gasteiger partial charge in [-0.25, -0.2) is 0 Å². The number of hydrogen-bond acceptors (Lipinski definition) is 5. The molecular formula is C19H40O5. The van der Waals surface area contributed by atoms with Gasteiger partial charge in [-0.3, -0.25) is 0 Å². The standard InChI is InChI=1S/C19H40O5/c1-14(2)21-10-18(11-22-15(3)4)9-20-12-19(24-17(7)8)13-23-16(5)6/h14-19H,9-13H2,1-8H3. The lowest BCUT2D eigenvalue weighted by Gasteiger charge is -2.24. The summed E-state index contributed by atoms with van der Waals surface area (Å²) in [6, 6.07) is 0. The quantitative estimate of drug-likeness (QED) is 0.452. The van der Waals surface area contributed by atoms with Crippen LogP contribution in [0.15, 0.2) is 0 Å². The van der Waals surface area contributed by atoms with E-state index in [0.717, 1.165) is 0 Å². The van der Waals surface area contributed by atoms with E-state index in [0.29, 0.717) is 33.0 Å². The number of ether oxygens (including phenoxy) is 5. The van der Waals surface area contributed by atoms with Crippen LogP contribution < -0.4 is 0 Å². The monoisotopic (exact) mass is 348 g/mol. The normalized spacial score (nSPS) is 13.9. The highest BCUT2D eigenvalue weighted by atomic mass is 16.6. The molecule has 146 valence electrons. The highest BCUT2D eigenvalue weighted by Crippen LogP contribution is 2.07. The highest BCUT2D eigenvalue weighted by Gasteiger charge is 2.16. The zero-order valence-electron chi connectivity index (χ0n) is 17.0. The van der Waals surface area contributed by atoms with E-state index in [1.54, 1.807) is 0 Å². The minimum Gasteiger partial charge on any atom is -0.378 e. The summed E-state index contributed by atoms with van der Waals surface area (Å²) in [4.78, 5) is 0. The number of rotatable bonds is 15. The first kappa shape index (κ1) is 23.8. The Kier molecular flexibility index (Phi) is 13.9. The van der Waals surface area contributed by atoms with E-state index in [1.807, 2.05) is 55.4 Å². The van der Waals surface area contributed by atoms with Gasteiger partial charge in [0.1, 0.15) is 6.10 Å². The van der Waals surface area contributed by atoms with E-state index >= 15 is 0 Å². The van der Waals surface area contributed by atoms with Crippen molar-refractivity contribution in [3.05, 3.63) is 0 Å². The molecular weight excluding hydrogens is 308 g/mol. The van der Waals surface area contributed by atoms with Crippen molar-refractivity contribution >= 4 is 0 Å².